The van der Waals surface area contributed by atoms with E-state index in [0.29, 0.717) is 42.3 Å². The molecule has 1 atom stereocenters. The summed E-state index contributed by atoms with van der Waals surface area (Å²) in [6.45, 7) is 2.42. The lowest BCUT2D eigenvalue weighted by Crippen LogP contribution is -2.36. The summed E-state index contributed by atoms with van der Waals surface area (Å²) in [5.41, 5.74) is 14.5. The summed E-state index contributed by atoms with van der Waals surface area (Å²) in [5, 5.41) is 5.98. The average Bonchev–Trinajstić information content (AvgIpc) is 3.30. The second-order valence-corrected chi connectivity index (χ2v) is 8.21. The van der Waals surface area contributed by atoms with E-state index in [9.17, 15) is 9.59 Å². The minimum Gasteiger partial charge on any atom is -0.404 e. The first kappa shape index (κ1) is 23.7. The van der Waals surface area contributed by atoms with Crippen molar-refractivity contribution in [3.63, 3.8) is 0 Å². The fraction of sp³-hybridized carbons (Fsp3) is 0.240. The van der Waals surface area contributed by atoms with Crippen molar-refractivity contribution in [2.45, 2.75) is 32.4 Å². The van der Waals surface area contributed by atoms with Crippen LogP contribution >= 0.6 is 0 Å². The summed E-state index contributed by atoms with van der Waals surface area (Å²) in [6, 6.07) is 12.4. The third-order valence-electron chi connectivity index (χ3n) is 5.83. The lowest BCUT2D eigenvalue weighted by molar-refractivity contribution is -0.124. The lowest BCUT2D eigenvalue weighted by Gasteiger charge is -2.16. The molecule has 0 bridgehead atoms. The van der Waals surface area contributed by atoms with Gasteiger partial charge in [0, 0.05) is 43.2 Å². The highest BCUT2D eigenvalue weighted by Crippen LogP contribution is 2.23. The van der Waals surface area contributed by atoms with Gasteiger partial charge < -0.3 is 22.1 Å². The van der Waals surface area contributed by atoms with Gasteiger partial charge in [0.1, 0.15) is 23.4 Å². The number of hydrogen-bond acceptors (Lipinski definition) is 8. The van der Waals surface area contributed by atoms with Crippen LogP contribution in [0.1, 0.15) is 29.5 Å². The summed E-state index contributed by atoms with van der Waals surface area (Å²) >= 11 is 0. The fourth-order valence-corrected chi connectivity index (χ4v) is 3.89. The van der Waals surface area contributed by atoms with Crippen LogP contribution in [-0.4, -0.2) is 33.2 Å². The normalized spacial score (nSPS) is 15.2. The van der Waals surface area contributed by atoms with Crippen LogP contribution in [0.3, 0.4) is 0 Å². The third kappa shape index (κ3) is 5.55. The molecule has 10 nitrogen and oxygen atoms in total. The topological polar surface area (TPSA) is 153 Å². The van der Waals surface area contributed by atoms with Gasteiger partial charge in [0.05, 0.1) is 11.9 Å². The molecule has 1 aliphatic heterocycles. The number of amides is 1. The number of benzene rings is 1. The Morgan fingerprint density at radius 2 is 2.06 bits per heavy atom. The van der Waals surface area contributed by atoms with Crippen molar-refractivity contribution in [1.29, 1.82) is 0 Å². The highest BCUT2D eigenvalue weighted by molar-refractivity contribution is 5.82. The summed E-state index contributed by atoms with van der Waals surface area (Å²) in [4.78, 5) is 39.1. The van der Waals surface area contributed by atoms with E-state index < -0.39 is 6.04 Å². The van der Waals surface area contributed by atoms with Crippen LogP contribution in [0.2, 0.25) is 0 Å². The minimum absolute atomic E-state index is 0.237. The zero-order chi connectivity index (χ0) is 24.8. The maximum absolute atomic E-state index is 13.2. The predicted octanol–water partition coefficient (Wildman–Crippen LogP) is 1.99. The molecule has 3 aromatic rings. The molecule has 0 saturated carbocycles. The van der Waals surface area contributed by atoms with Crippen LogP contribution in [0, 0.1) is 6.92 Å². The van der Waals surface area contributed by atoms with Crippen molar-refractivity contribution in [3.8, 4) is 0 Å². The molecule has 4 rings (SSSR count). The number of aromatic nitrogens is 3. The zero-order valence-corrected chi connectivity index (χ0v) is 19.4. The second-order valence-electron chi connectivity index (χ2n) is 8.21. The number of carbonyl (C=O) groups is 1. The average molecular weight is 473 g/mol. The number of anilines is 2. The number of nitrogens with one attached hydrogen (secondary N) is 2. The van der Waals surface area contributed by atoms with Crippen molar-refractivity contribution in [3.05, 3.63) is 87.9 Å². The van der Waals surface area contributed by atoms with Gasteiger partial charge in [0.25, 0.3) is 5.56 Å². The van der Waals surface area contributed by atoms with Crippen molar-refractivity contribution >= 4 is 29.3 Å². The van der Waals surface area contributed by atoms with Gasteiger partial charge in [0.2, 0.25) is 5.91 Å². The second kappa shape index (κ2) is 10.6. The first-order valence-electron chi connectivity index (χ1n) is 11.3. The SMILES string of the molecule is Cc1nc(N)ccc1CNC(=O)[C@@H]1CCc2ncc(NC/C(C=Nc3ccccc3)=C/N)c(=O)n21. The molecule has 0 radical (unpaired) electrons. The minimum atomic E-state index is -0.627. The highest BCUT2D eigenvalue weighted by atomic mass is 16.2. The first-order valence-corrected chi connectivity index (χ1v) is 11.3. The number of para-hydroxylation sites is 1. The highest BCUT2D eigenvalue weighted by Gasteiger charge is 2.31. The number of rotatable bonds is 8. The monoisotopic (exact) mass is 472 g/mol. The van der Waals surface area contributed by atoms with Crippen LogP contribution in [0.25, 0.3) is 0 Å². The Hall–Kier alpha value is -4.47. The Bertz CT molecular complexity index is 1330. The molecular formula is C25H28N8O2. The van der Waals surface area contributed by atoms with Gasteiger partial charge in [-0.1, -0.05) is 24.3 Å². The van der Waals surface area contributed by atoms with Crippen molar-refractivity contribution in [2.75, 3.05) is 17.6 Å². The zero-order valence-electron chi connectivity index (χ0n) is 19.4. The van der Waals surface area contributed by atoms with Gasteiger partial charge in [0.15, 0.2) is 0 Å². The van der Waals surface area contributed by atoms with Crippen LogP contribution in [0.5, 0.6) is 0 Å². The summed E-state index contributed by atoms with van der Waals surface area (Å²) < 4.78 is 1.47. The van der Waals surface area contributed by atoms with E-state index in [1.54, 1.807) is 12.3 Å². The Balaban J connectivity index is 1.43. The quantitative estimate of drug-likeness (QED) is 0.366. The molecule has 1 aromatic carbocycles. The molecular weight excluding hydrogens is 444 g/mol. The Morgan fingerprint density at radius 3 is 2.80 bits per heavy atom. The molecule has 3 heterocycles. The molecule has 1 amide bonds. The Labute approximate surface area is 202 Å². The molecule has 35 heavy (non-hydrogen) atoms. The number of nitrogens with two attached hydrogens (primary N) is 2. The molecule has 0 fully saturated rings. The van der Waals surface area contributed by atoms with Crippen molar-refractivity contribution in [1.82, 2.24) is 19.9 Å². The Kier molecular flexibility index (Phi) is 7.20. The van der Waals surface area contributed by atoms with Crippen LogP contribution in [-0.2, 0) is 17.8 Å². The predicted molar refractivity (Wildman–Crippen MR) is 136 cm³/mol. The molecule has 0 spiro atoms. The van der Waals surface area contributed by atoms with Gasteiger partial charge >= 0.3 is 0 Å². The summed E-state index contributed by atoms with van der Waals surface area (Å²) in [6.07, 6.45) is 5.63. The standard InChI is InChI=1S/C25H28N8O2/c1-16-18(7-9-22(27)32-16)14-31-24(34)21-8-10-23-30-15-20(25(35)33(21)23)29-13-17(11-26)12-28-19-5-3-2-4-6-19/h2-7,9,11-12,15,21,29H,8,10,13-14,26H2,1H3,(H2,27,32)(H,31,34)/b17-11+,28-12?/t21-/m0/s1. The fourth-order valence-electron chi connectivity index (χ4n) is 3.89. The number of aliphatic imine (C=N–C) groups is 1. The molecule has 0 aliphatic carbocycles. The maximum atomic E-state index is 13.2. The third-order valence-corrected chi connectivity index (χ3v) is 5.83. The largest absolute Gasteiger partial charge is 0.404 e. The summed E-state index contributed by atoms with van der Waals surface area (Å²) in [5.74, 6) is 0.781. The number of hydrogen-bond donors (Lipinski definition) is 4. The molecule has 6 N–H and O–H groups in total. The summed E-state index contributed by atoms with van der Waals surface area (Å²) in [7, 11) is 0. The van der Waals surface area contributed by atoms with E-state index in [4.69, 9.17) is 11.5 Å². The van der Waals surface area contributed by atoms with Gasteiger partial charge in [-0.2, -0.15) is 0 Å². The van der Waals surface area contributed by atoms with Gasteiger partial charge in [-0.05, 0) is 37.1 Å². The smallest absolute Gasteiger partial charge is 0.277 e. The van der Waals surface area contributed by atoms with E-state index in [1.165, 1.54) is 17.0 Å². The molecule has 1 aliphatic rings. The molecule has 10 heteroatoms. The molecule has 180 valence electrons. The van der Waals surface area contributed by atoms with E-state index in [-0.39, 0.29) is 18.0 Å². The number of nitrogens with zero attached hydrogens (tertiary/aromatic N) is 4. The Morgan fingerprint density at radius 1 is 1.26 bits per heavy atom. The number of carbonyl (C=O) groups excluding carboxylic acids is 1. The van der Waals surface area contributed by atoms with Crippen LogP contribution in [0.15, 0.2) is 70.2 Å². The molecule has 0 saturated heterocycles. The van der Waals surface area contributed by atoms with Gasteiger partial charge in [-0.25, -0.2) is 9.97 Å². The van der Waals surface area contributed by atoms with Crippen LogP contribution < -0.4 is 27.7 Å². The lowest BCUT2D eigenvalue weighted by atomic mass is 10.1. The van der Waals surface area contributed by atoms with Crippen molar-refractivity contribution in [2.24, 2.45) is 10.7 Å². The molecule has 0 unspecified atom stereocenters. The van der Waals surface area contributed by atoms with Crippen molar-refractivity contribution < 1.29 is 4.79 Å². The number of aryl methyl sites for hydroxylation is 2. The van der Waals surface area contributed by atoms with Gasteiger partial charge in [-0.3, -0.25) is 19.1 Å². The maximum Gasteiger partial charge on any atom is 0.277 e. The number of pyridine rings is 1. The van der Waals surface area contributed by atoms with E-state index in [0.717, 1.165) is 16.9 Å². The van der Waals surface area contributed by atoms with Gasteiger partial charge in [-0.15, -0.1) is 0 Å². The van der Waals surface area contributed by atoms with E-state index >= 15 is 0 Å². The van der Waals surface area contributed by atoms with Crippen LogP contribution in [0.4, 0.5) is 17.2 Å². The number of nitrogen functional groups attached to an aromatic ring is 1. The van der Waals surface area contributed by atoms with E-state index in [1.807, 2.05) is 43.3 Å². The first-order chi connectivity index (χ1) is 17.0. The number of fused-ring (bicyclic) bond motifs is 1. The van der Waals surface area contributed by atoms with E-state index in [2.05, 4.69) is 25.6 Å². The molecule has 2 aromatic heterocycles.